The van der Waals surface area contributed by atoms with Crippen molar-refractivity contribution in [3.63, 3.8) is 0 Å². The van der Waals surface area contributed by atoms with Gasteiger partial charge in [0.2, 0.25) is 10.0 Å². The van der Waals surface area contributed by atoms with Crippen molar-refractivity contribution < 1.29 is 22.7 Å². The number of hydrogen-bond acceptors (Lipinski definition) is 5. The summed E-state index contributed by atoms with van der Waals surface area (Å²) in [7, 11) is -3.94. The van der Waals surface area contributed by atoms with Crippen molar-refractivity contribution in [2.75, 3.05) is 19.8 Å². The molecule has 2 rings (SSSR count). The number of carbonyl (C=O) groups excluding carboxylic acids is 1. The fourth-order valence-corrected chi connectivity index (χ4v) is 2.41. The Bertz CT molecular complexity index is 655. The smallest absolute Gasteiger partial charge is 0.255 e. The van der Waals surface area contributed by atoms with Gasteiger partial charge in [-0.1, -0.05) is 13.8 Å². The second-order valence-corrected chi connectivity index (χ2v) is 6.71. The second-order valence-electron chi connectivity index (χ2n) is 5.14. The number of amides is 1. The lowest BCUT2D eigenvalue weighted by Crippen LogP contribution is -2.29. The molecule has 1 aliphatic rings. The van der Waals surface area contributed by atoms with Crippen LogP contribution in [-0.2, 0) is 10.0 Å². The van der Waals surface area contributed by atoms with Crippen LogP contribution in [0.25, 0.3) is 0 Å². The summed E-state index contributed by atoms with van der Waals surface area (Å²) < 4.78 is 33.8. The molecule has 0 bridgehead atoms. The minimum atomic E-state index is -3.94. The maximum atomic E-state index is 12.2. The van der Waals surface area contributed by atoms with E-state index in [0.29, 0.717) is 13.2 Å². The quantitative estimate of drug-likeness (QED) is 0.841. The van der Waals surface area contributed by atoms with Crippen molar-refractivity contribution in [1.29, 1.82) is 0 Å². The lowest BCUT2D eigenvalue weighted by molar-refractivity contribution is 0.0937. The molecule has 1 heterocycles. The number of benzene rings is 1. The summed E-state index contributed by atoms with van der Waals surface area (Å²) in [5.41, 5.74) is 0.108. The van der Waals surface area contributed by atoms with Gasteiger partial charge in [0.1, 0.15) is 13.2 Å². The molecular formula is C13H18N2O5S. The van der Waals surface area contributed by atoms with E-state index >= 15 is 0 Å². The summed E-state index contributed by atoms with van der Waals surface area (Å²) in [5.74, 6) is 0.302. The molecule has 116 valence electrons. The Labute approximate surface area is 123 Å². The minimum absolute atomic E-state index is 0.108. The first-order chi connectivity index (χ1) is 9.79. The van der Waals surface area contributed by atoms with Crippen LogP contribution >= 0.6 is 0 Å². The van der Waals surface area contributed by atoms with Crippen molar-refractivity contribution in [2.45, 2.75) is 18.7 Å². The minimum Gasteiger partial charge on any atom is -0.486 e. The third kappa shape index (κ3) is 3.64. The molecule has 0 fully saturated rings. The molecule has 0 unspecified atom stereocenters. The van der Waals surface area contributed by atoms with Crippen molar-refractivity contribution in [1.82, 2.24) is 5.32 Å². The maximum Gasteiger partial charge on any atom is 0.255 e. The van der Waals surface area contributed by atoms with Gasteiger partial charge in [0.15, 0.2) is 11.5 Å². The van der Waals surface area contributed by atoms with Crippen molar-refractivity contribution in [3.8, 4) is 11.5 Å². The van der Waals surface area contributed by atoms with Gasteiger partial charge in [0.25, 0.3) is 5.91 Å². The Kier molecular flexibility index (Phi) is 4.38. The van der Waals surface area contributed by atoms with E-state index in [1.54, 1.807) is 0 Å². The Balaban J connectivity index is 2.45. The zero-order chi connectivity index (χ0) is 15.6. The Hall–Kier alpha value is -1.80. The van der Waals surface area contributed by atoms with Crippen LogP contribution in [-0.4, -0.2) is 34.1 Å². The predicted octanol–water partition coefficient (Wildman–Crippen LogP) is 0.491. The van der Waals surface area contributed by atoms with Crippen LogP contribution < -0.4 is 19.9 Å². The van der Waals surface area contributed by atoms with Crippen LogP contribution in [0, 0.1) is 5.92 Å². The average molecular weight is 314 g/mol. The second kappa shape index (κ2) is 5.90. The Morgan fingerprint density at radius 2 is 2.00 bits per heavy atom. The molecule has 7 nitrogen and oxygen atoms in total. The van der Waals surface area contributed by atoms with Crippen molar-refractivity contribution in [3.05, 3.63) is 17.7 Å². The highest BCUT2D eigenvalue weighted by Crippen LogP contribution is 2.36. The molecule has 1 aromatic rings. The largest absolute Gasteiger partial charge is 0.486 e. The molecule has 1 amide bonds. The molecule has 0 aliphatic carbocycles. The van der Waals surface area contributed by atoms with E-state index in [0.717, 1.165) is 0 Å². The first-order valence-corrected chi connectivity index (χ1v) is 8.08. The van der Waals surface area contributed by atoms with Gasteiger partial charge in [0, 0.05) is 12.6 Å². The maximum absolute atomic E-state index is 12.2. The van der Waals surface area contributed by atoms with Gasteiger partial charge in [-0.05, 0) is 12.0 Å². The fourth-order valence-electron chi connectivity index (χ4n) is 1.85. The number of fused-ring (bicyclic) bond motifs is 1. The summed E-state index contributed by atoms with van der Waals surface area (Å²) in [6.07, 6.45) is 0. The van der Waals surface area contributed by atoms with Crippen molar-refractivity contribution in [2.24, 2.45) is 11.1 Å². The number of nitrogens with two attached hydrogens (primary N) is 1. The first-order valence-electron chi connectivity index (χ1n) is 6.53. The number of ether oxygens (including phenoxy) is 2. The normalized spacial score (nSPS) is 14.1. The van der Waals surface area contributed by atoms with E-state index in [4.69, 9.17) is 14.6 Å². The zero-order valence-electron chi connectivity index (χ0n) is 11.9. The van der Waals surface area contributed by atoms with Crippen LogP contribution in [0.3, 0.4) is 0 Å². The molecule has 0 atom stereocenters. The molecule has 21 heavy (non-hydrogen) atoms. The fraction of sp³-hybridized carbons (Fsp3) is 0.462. The number of rotatable bonds is 4. The summed E-state index contributed by atoms with van der Waals surface area (Å²) in [6.45, 7) is 4.96. The third-order valence-electron chi connectivity index (χ3n) is 2.86. The van der Waals surface area contributed by atoms with Gasteiger partial charge < -0.3 is 14.8 Å². The molecular weight excluding hydrogens is 296 g/mol. The number of carbonyl (C=O) groups is 1. The van der Waals surface area contributed by atoms with Crippen LogP contribution in [0.2, 0.25) is 0 Å². The Morgan fingerprint density at radius 1 is 1.33 bits per heavy atom. The van der Waals surface area contributed by atoms with E-state index < -0.39 is 15.9 Å². The highest BCUT2D eigenvalue weighted by Gasteiger charge is 2.25. The Morgan fingerprint density at radius 3 is 2.62 bits per heavy atom. The summed E-state index contributed by atoms with van der Waals surface area (Å²) in [5, 5.41) is 7.84. The topological polar surface area (TPSA) is 108 Å². The lowest BCUT2D eigenvalue weighted by Gasteiger charge is -2.21. The van der Waals surface area contributed by atoms with E-state index in [2.05, 4.69) is 5.32 Å². The molecule has 0 saturated carbocycles. The highest BCUT2D eigenvalue weighted by molar-refractivity contribution is 7.89. The monoisotopic (exact) mass is 314 g/mol. The van der Waals surface area contributed by atoms with Crippen LogP contribution in [0.15, 0.2) is 17.0 Å². The molecule has 0 radical (unpaired) electrons. The van der Waals surface area contributed by atoms with E-state index in [1.807, 2.05) is 13.8 Å². The molecule has 1 aromatic carbocycles. The average Bonchev–Trinajstić information content (AvgIpc) is 2.42. The number of nitrogens with one attached hydrogen (secondary N) is 1. The van der Waals surface area contributed by atoms with Gasteiger partial charge in [-0.25, -0.2) is 13.6 Å². The standard InChI is InChI=1S/C13H18N2O5S/c1-8(2)7-15-13(16)10-5-9(21(14,17)18)6-11-12(10)20-4-3-19-11/h5-6,8H,3-4,7H2,1-2H3,(H,15,16)(H2,14,17,18). The third-order valence-corrected chi connectivity index (χ3v) is 3.75. The van der Waals surface area contributed by atoms with Gasteiger partial charge in [-0.15, -0.1) is 0 Å². The molecule has 8 heteroatoms. The van der Waals surface area contributed by atoms with Crippen LogP contribution in [0.4, 0.5) is 0 Å². The molecule has 0 aromatic heterocycles. The summed E-state index contributed by atoms with van der Waals surface area (Å²) >= 11 is 0. The summed E-state index contributed by atoms with van der Waals surface area (Å²) in [4.78, 5) is 12.0. The van der Waals surface area contributed by atoms with Gasteiger partial charge >= 0.3 is 0 Å². The van der Waals surface area contributed by atoms with Crippen LogP contribution in [0.1, 0.15) is 24.2 Å². The van der Waals surface area contributed by atoms with Gasteiger partial charge in [-0.2, -0.15) is 0 Å². The number of primary sulfonamides is 1. The highest BCUT2D eigenvalue weighted by atomic mass is 32.2. The van der Waals surface area contributed by atoms with E-state index in [9.17, 15) is 13.2 Å². The van der Waals surface area contributed by atoms with Gasteiger partial charge in [0.05, 0.1) is 10.5 Å². The van der Waals surface area contributed by atoms with Crippen LogP contribution in [0.5, 0.6) is 11.5 Å². The molecule has 0 saturated heterocycles. The van der Waals surface area contributed by atoms with E-state index in [-0.39, 0.29) is 34.5 Å². The first kappa shape index (κ1) is 15.6. The summed E-state index contributed by atoms with van der Waals surface area (Å²) in [6, 6.07) is 2.47. The number of sulfonamides is 1. The van der Waals surface area contributed by atoms with Crippen molar-refractivity contribution >= 4 is 15.9 Å². The van der Waals surface area contributed by atoms with E-state index in [1.165, 1.54) is 12.1 Å². The predicted molar refractivity (Wildman–Crippen MR) is 76.0 cm³/mol. The lowest BCUT2D eigenvalue weighted by atomic mass is 10.1. The molecule has 3 N–H and O–H groups in total. The molecule has 1 aliphatic heterocycles. The molecule has 0 spiro atoms. The zero-order valence-corrected chi connectivity index (χ0v) is 12.7. The number of hydrogen-bond donors (Lipinski definition) is 2. The van der Waals surface area contributed by atoms with Gasteiger partial charge in [-0.3, -0.25) is 4.79 Å². The SMILES string of the molecule is CC(C)CNC(=O)c1cc(S(N)(=O)=O)cc2c1OCCO2.